The summed E-state index contributed by atoms with van der Waals surface area (Å²) in [4.78, 5) is 19.8. The van der Waals surface area contributed by atoms with Gasteiger partial charge < -0.3 is 11.5 Å². The standard InChI is InChI=1S/C19H11F4N5O/c20-8-1-3-10(13(22)5-8)15-16(11-4-2-9(21)6-14(11)23)28-7-12(18(25)29)17(24)27-19(28)26-15/h1-7H,(H2,25,29)(H2,24,26,27). The fourth-order valence-electron chi connectivity index (χ4n) is 2.98. The van der Waals surface area contributed by atoms with Gasteiger partial charge in [0.05, 0.1) is 11.3 Å². The number of carbonyl (C=O) groups is 1. The molecule has 0 saturated carbocycles. The van der Waals surface area contributed by atoms with Gasteiger partial charge in [0.15, 0.2) is 0 Å². The first-order valence-corrected chi connectivity index (χ1v) is 8.15. The normalized spacial score (nSPS) is 11.2. The van der Waals surface area contributed by atoms with E-state index in [0.717, 1.165) is 24.3 Å². The quantitative estimate of drug-likeness (QED) is 0.515. The van der Waals surface area contributed by atoms with E-state index in [1.54, 1.807) is 0 Å². The van der Waals surface area contributed by atoms with Crippen LogP contribution < -0.4 is 11.5 Å². The number of fused-ring (bicyclic) bond motifs is 1. The summed E-state index contributed by atoms with van der Waals surface area (Å²) in [6.45, 7) is 0. The molecule has 0 radical (unpaired) electrons. The van der Waals surface area contributed by atoms with Gasteiger partial charge in [-0.3, -0.25) is 9.20 Å². The van der Waals surface area contributed by atoms with Gasteiger partial charge in [-0.15, -0.1) is 0 Å². The molecule has 2 aromatic heterocycles. The Balaban J connectivity index is 2.13. The van der Waals surface area contributed by atoms with E-state index in [1.165, 1.54) is 10.6 Å². The minimum atomic E-state index is -0.965. The Kier molecular flexibility index (Phi) is 4.18. The third kappa shape index (κ3) is 3.04. The lowest BCUT2D eigenvalue weighted by molar-refractivity contribution is 0.100. The van der Waals surface area contributed by atoms with E-state index in [2.05, 4.69) is 9.97 Å². The van der Waals surface area contributed by atoms with Gasteiger partial charge in [-0.1, -0.05) is 0 Å². The van der Waals surface area contributed by atoms with Gasteiger partial charge in [0.25, 0.3) is 5.91 Å². The van der Waals surface area contributed by atoms with Crippen LogP contribution in [0.5, 0.6) is 0 Å². The molecule has 0 aliphatic heterocycles. The van der Waals surface area contributed by atoms with E-state index in [4.69, 9.17) is 11.5 Å². The number of benzene rings is 2. The number of nitrogen functional groups attached to an aromatic ring is 1. The van der Waals surface area contributed by atoms with Crippen LogP contribution in [0.1, 0.15) is 10.4 Å². The average molecular weight is 401 g/mol. The van der Waals surface area contributed by atoms with Crippen molar-refractivity contribution in [3.8, 4) is 22.5 Å². The number of imidazole rings is 1. The van der Waals surface area contributed by atoms with Crippen LogP contribution in [0.4, 0.5) is 23.4 Å². The molecule has 2 aromatic carbocycles. The van der Waals surface area contributed by atoms with Crippen LogP contribution in [0, 0.1) is 23.3 Å². The maximum absolute atomic E-state index is 14.6. The molecule has 0 saturated heterocycles. The third-order valence-corrected chi connectivity index (χ3v) is 4.29. The molecule has 4 N–H and O–H groups in total. The van der Waals surface area contributed by atoms with E-state index < -0.39 is 29.2 Å². The first-order chi connectivity index (χ1) is 13.8. The maximum Gasteiger partial charge on any atom is 0.253 e. The molecule has 1 amide bonds. The van der Waals surface area contributed by atoms with E-state index in [-0.39, 0.29) is 39.7 Å². The highest BCUT2D eigenvalue weighted by Crippen LogP contribution is 2.36. The van der Waals surface area contributed by atoms with Gasteiger partial charge in [-0.2, -0.15) is 4.98 Å². The van der Waals surface area contributed by atoms with Crippen LogP contribution in [-0.2, 0) is 0 Å². The summed E-state index contributed by atoms with van der Waals surface area (Å²) in [5.74, 6) is -4.78. The number of nitrogens with two attached hydrogens (primary N) is 2. The number of hydrogen-bond acceptors (Lipinski definition) is 4. The number of halogens is 4. The zero-order valence-corrected chi connectivity index (χ0v) is 14.5. The lowest BCUT2D eigenvalue weighted by Crippen LogP contribution is -2.16. The smallest absolute Gasteiger partial charge is 0.253 e. The van der Waals surface area contributed by atoms with Gasteiger partial charge in [0, 0.05) is 29.5 Å². The molecule has 29 heavy (non-hydrogen) atoms. The highest BCUT2D eigenvalue weighted by Gasteiger charge is 2.24. The highest BCUT2D eigenvalue weighted by atomic mass is 19.1. The van der Waals surface area contributed by atoms with Crippen molar-refractivity contribution in [2.75, 3.05) is 5.73 Å². The molecule has 4 rings (SSSR count). The van der Waals surface area contributed by atoms with E-state index in [0.29, 0.717) is 12.1 Å². The van der Waals surface area contributed by atoms with E-state index >= 15 is 0 Å². The van der Waals surface area contributed by atoms with Crippen LogP contribution in [0.25, 0.3) is 28.3 Å². The number of nitrogens with zero attached hydrogens (tertiary/aromatic N) is 3. The van der Waals surface area contributed by atoms with Crippen LogP contribution in [-0.4, -0.2) is 20.3 Å². The molecule has 0 bridgehead atoms. The fourth-order valence-corrected chi connectivity index (χ4v) is 2.98. The Hall–Kier alpha value is -3.95. The summed E-state index contributed by atoms with van der Waals surface area (Å²) in [6, 6.07) is 5.53. The molecular formula is C19H11F4N5O. The average Bonchev–Trinajstić information content (AvgIpc) is 2.98. The molecule has 4 aromatic rings. The molecule has 2 heterocycles. The predicted molar refractivity (Wildman–Crippen MR) is 96.6 cm³/mol. The third-order valence-electron chi connectivity index (χ3n) is 4.29. The molecule has 0 atom stereocenters. The lowest BCUT2D eigenvalue weighted by atomic mass is 10.0. The molecule has 146 valence electrons. The SMILES string of the molecule is NC(=O)c1cn2c(-c3ccc(F)cc3F)c(-c3ccc(F)cc3F)nc2nc1N. The summed E-state index contributed by atoms with van der Waals surface area (Å²) in [6.07, 6.45) is 1.18. The van der Waals surface area contributed by atoms with E-state index in [9.17, 15) is 22.4 Å². The van der Waals surface area contributed by atoms with Crippen LogP contribution >= 0.6 is 0 Å². The number of hydrogen-bond donors (Lipinski definition) is 2. The van der Waals surface area contributed by atoms with Crippen LogP contribution in [0.3, 0.4) is 0 Å². The summed E-state index contributed by atoms with van der Waals surface area (Å²) < 4.78 is 57.0. The Morgan fingerprint density at radius 1 is 0.897 bits per heavy atom. The zero-order chi connectivity index (χ0) is 20.9. The van der Waals surface area contributed by atoms with E-state index in [1.807, 2.05) is 0 Å². The highest BCUT2D eigenvalue weighted by molar-refractivity contribution is 5.97. The molecule has 0 unspecified atom stereocenters. The van der Waals surface area contributed by atoms with Crippen molar-refractivity contribution in [1.82, 2.24) is 14.4 Å². The summed E-state index contributed by atoms with van der Waals surface area (Å²) in [5.41, 5.74) is 10.4. The van der Waals surface area contributed by atoms with Crippen molar-refractivity contribution in [3.63, 3.8) is 0 Å². The molecular weight excluding hydrogens is 390 g/mol. The minimum Gasteiger partial charge on any atom is -0.383 e. The molecule has 10 heteroatoms. The van der Waals surface area contributed by atoms with Crippen LogP contribution in [0.15, 0.2) is 42.6 Å². The molecule has 0 aliphatic rings. The van der Waals surface area contributed by atoms with Gasteiger partial charge in [-0.05, 0) is 24.3 Å². The molecule has 0 fully saturated rings. The first kappa shape index (κ1) is 18.4. The first-order valence-electron chi connectivity index (χ1n) is 8.15. The van der Waals surface area contributed by atoms with Crippen molar-refractivity contribution in [3.05, 3.63) is 71.4 Å². The van der Waals surface area contributed by atoms with Gasteiger partial charge in [-0.25, -0.2) is 22.5 Å². The summed E-state index contributed by atoms with van der Waals surface area (Å²) >= 11 is 0. The second-order valence-electron chi connectivity index (χ2n) is 6.13. The zero-order valence-electron chi connectivity index (χ0n) is 14.5. The monoisotopic (exact) mass is 401 g/mol. The number of rotatable bonds is 3. The van der Waals surface area contributed by atoms with Gasteiger partial charge >= 0.3 is 0 Å². The van der Waals surface area contributed by atoms with Crippen LogP contribution in [0.2, 0.25) is 0 Å². The van der Waals surface area contributed by atoms with Crippen molar-refractivity contribution in [1.29, 1.82) is 0 Å². The lowest BCUT2D eigenvalue weighted by Gasteiger charge is -2.09. The summed E-state index contributed by atoms with van der Waals surface area (Å²) in [7, 11) is 0. The van der Waals surface area contributed by atoms with Crippen molar-refractivity contribution >= 4 is 17.5 Å². The predicted octanol–water partition coefficient (Wildman–Crippen LogP) is 3.30. The Bertz CT molecular complexity index is 1300. The number of carbonyl (C=O) groups excluding carboxylic acids is 1. The number of primary amides is 1. The minimum absolute atomic E-state index is 0.0435. The fraction of sp³-hybridized carbons (Fsp3) is 0. The Morgan fingerprint density at radius 2 is 1.48 bits per heavy atom. The van der Waals surface area contributed by atoms with Gasteiger partial charge in [0.1, 0.15) is 34.8 Å². The number of aromatic nitrogens is 3. The number of amides is 1. The van der Waals surface area contributed by atoms with Crippen molar-refractivity contribution in [2.45, 2.75) is 0 Å². The maximum atomic E-state index is 14.6. The largest absolute Gasteiger partial charge is 0.383 e. The Morgan fingerprint density at radius 3 is 2.03 bits per heavy atom. The molecule has 0 spiro atoms. The second-order valence-corrected chi connectivity index (χ2v) is 6.13. The van der Waals surface area contributed by atoms with Crippen molar-refractivity contribution < 1.29 is 22.4 Å². The Labute approximate surface area is 160 Å². The molecule has 6 nitrogen and oxygen atoms in total. The van der Waals surface area contributed by atoms with Crippen molar-refractivity contribution in [2.24, 2.45) is 5.73 Å². The topological polar surface area (TPSA) is 99.3 Å². The van der Waals surface area contributed by atoms with Gasteiger partial charge in [0.2, 0.25) is 5.78 Å². The summed E-state index contributed by atoms with van der Waals surface area (Å²) in [5, 5.41) is 0. The second kappa shape index (κ2) is 6.59. The molecule has 0 aliphatic carbocycles. The number of anilines is 1.